The van der Waals surface area contributed by atoms with Gasteiger partial charge in [-0.15, -0.1) is 0 Å². The van der Waals surface area contributed by atoms with Crippen molar-refractivity contribution < 1.29 is 5.11 Å². The average molecular weight is 358 g/mol. The molecular formula is C16H28BrN3O. The predicted molar refractivity (Wildman–Crippen MR) is 89.5 cm³/mol. The van der Waals surface area contributed by atoms with E-state index in [2.05, 4.69) is 40.0 Å². The maximum absolute atomic E-state index is 11.0. The third-order valence-corrected chi connectivity index (χ3v) is 6.16. The molecule has 1 atom stereocenters. The molecule has 0 radical (unpaired) electrons. The highest BCUT2D eigenvalue weighted by atomic mass is 79.9. The summed E-state index contributed by atoms with van der Waals surface area (Å²) in [5.74, 6) is 0. The maximum atomic E-state index is 11.0. The van der Waals surface area contributed by atoms with E-state index >= 15 is 0 Å². The molecular weight excluding hydrogens is 330 g/mol. The Morgan fingerprint density at radius 3 is 2.29 bits per heavy atom. The normalized spacial score (nSPS) is 20.5. The van der Waals surface area contributed by atoms with Gasteiger partial charge in [0, 0.05) is 19.0 Å². The molecule has 1 aliphatic carbocycles. The molecule has 1 fully saturated rings. The van der Waals surface area contributed by atoms with Gasteiger partial charge in [-0.1, -0.05) is 25.7 Å². The maximum Gasteiger partial charge on any atom is 0.0779 e. The SMILES string of the molecule is Cc1nn(C)c(CC(O)C2(N(C)C)CCCCCC2)c1Br. The average Bonchev–Trinajstić information content (AvgIpc) is 2.66. The summed E-state index contributed by atoms with van der Waals surface area (Å²) in [4.78, 5) is 2.25. The number of aliphatic hydroxyl groups is 1. The lowest BCUT2D eigenvalue weighted by molar-refractivity contribution is -0.0184. The number of aliphatic hydroxyl groups excluding tert-OH is 1. The molecule has 1 aromatic heterocycles. The number of hydrogen-bond donors (Lipinski definition) is 1. The number of aryl methyl sites for hydroxylation is 2. The molecule has 1 N–H and O–H groups in total. The van der Waals surface area contributed by atoms with E-state index in [0.29, 0.717) is 6.42 Å². The molecule has 0 aromatic carbocycles. The van der Waals surface area contributed by atoms with E-state index in [1.54, 1.807) is 0 Å². The summed E-state index contributed by atoms with van der Waals surface area (Å²) in [5.41, 5.74) is 1.97. The van der Waals surface area contributed by atoms with Gasteiger partial charge in [0.15, 0.2) is 0 Å². The Hall–Kier alpha value is -0.390. The van der Waals surface area contributed by atoms with Gasteiger partial charge in [0.2, 0.25) is 0 Å². The van der Waals surface area contributed by atoms with Gasteiger partial charge in [0.05, 0.1) is 22.0 Å². The van der Waals surface area contributed by atoms with Crippen LogP contribution in [-0.4, -0.2) is 45.5 Å². The van der Waals surface area contributed by atoms with Crippen molar-refractivity contribution in [1.29, 1.82) is 0 Å². The fourth-order valence-corrected chi connectivity index (χ4v) is 4.19. The van der Waals surface area contributed by atoms with E-state index in [-0.39, 0.29) is 11.6 Å². The first-order chi connectivity index (χ1) is 9.88. The summed E-state index contributed by atoms with van der Waals surface area (Å²) in [6, 6.07) is 0. The first-order valence-electron chi connectivity index (χ1n) is 7.92. The number of halogens is 1. The molecule has 0 saturated heterocycles. The van der Waals surface area contributed by atoms with Crippen LogP contribution in [-0.2, 0) is 13.5 Å². The zero-order chi connectivity index (χ0) is 15.6. The minimum atomic E-state index is -0.364. The lowest BCUT2D eigenvalue weighted by Gasteiger charge is -2.43. The van der Waals surface area contributed by atoms with Crippen LogP contribution >= 0.6 is 15.9 Å². The standard InChI is InChI=1S/C16H28BrN3O/c1-12-15(17)13(20(4)18-12)11-14(21)16(19(2)3)9-7-5-6-8-10-16/h14,21H,5-11H2,1-4H3. The van der Waals surface area contributed by atoms with Crippen LogP contribution in [0.2, 0.25) is 0 Å². The number of aromatic nitrogens is 2. The van der Waals surface area contributed by atoms with Crippen molar-refractivity contribution in [3.05, 3.63) is 15.9 Å². The van der Waals surface area contributed by atoms with Crippen LogP contribution in [0.1, 0.15) is 49.9 Å². The van der Waals surface area contributed by atoms with Crippen molar-refractivity contribution in [2.75, 3.05) is 14.1 Å². The van der Waals surface area contributed by atoms with Crippen molar-refractivity contribution in [3.8, 4) is 0 Å². The van der Waals surface area contributed by atoms with E-state index in [9.17, 15) is 5.11 Å². The van der Waals surface area contributed by atoms with Crippen LogP contribution in [0.4, 0.5) is 0 Å². The summed E-state index contributed by atoms with van der Waals surface area (Å²) in [5, 5.41) is 15.5. The Morgan fingerprint density at radius 2 is 1.86 bits per heavy atom. The van der Waals surface area contributed by atoms with Crippen LogP contribution in [0.15, 0.2) is 4.47 Å². The third kappa shape index (κ3) is 3.35. The molecule has 1 unspecified atom stereocenters. The van der Waals surface area contributed by atoms with Crippen molar-refractivity contribution in [2.24, 2.45) is 7.05 Å². The molecule has 0 spiro atoms. The first kappa shape index (κ1) is 17.0. The predicted octanol–water partition coefficient (Wildman–Crippen LogP) is 3.05. The molecule has 2 rings (SSSR count). The van der Waals surface area contributed by atoms with Crippen molar-refractivity contribution in [2.45, 2.75) is 63.5 Å². The Bertz CT molecular complexity index is 476. The smallest absolute Gasteiger partial charge is 0.0779 e. The molecule has 1 heterocycles. The molecule has 1 saturated carbocycles. The van der Waals surface area contributed by atoms with Gasteiger partial charge in [-0.25, -0.2) is 0 Å². The summed E-state index contributed by atoms with van der Waals surface area (Å²) >= 11 is 3.62. The molecule has 1 aliphatic rings. The van der Waals surface area contributed by atoms with Crippen LogP contribution in [0, 0.1) is 6.92 Å². The fourth-order valence-electron chi connectivity index (χ4n) is 3.69. The summed E-state index contributed by atoms with van der Waals surface area (Å²) < 4.78 is 2.93. The Kier molecular flexibility index (Phi) is 5.49. The minimum Gasteiger partial charge on any atom is -0.391 e. The monoisotopic (exact) mass is 357 g/mol. The lowest BCUT2D eigenvalue weighted by atomic mass is 9.81. The molecule has 120 valence electrons. The van der Waals surface area contributed by atoms with Crippen LogP contribution in [0.5, 0.6) is 0 Å². The highest BCUT2D eigenvalue weighted by Gasteiger charge is 2.40. The van der Waals surface area contributed by atoms with Gasteiger partial charge >= 0.3 is 0 Å². The minimum absolute atomic E-state index is 0.103. The van der Waals surface area contributed by atoms with Gasteiger partial charge < -0.3 is 10.0 Å². The second-order valence-corrected chi connectivity index (χ2v) is 7.39. The summed E-state index contributed by atoms with van der Waals surface area (Å²) in [7, 11) is 6.17. The zero-order valence-corrected chi connectivity index (χ0v) is 15.3. The number of nitrogens with zero attached hydrogens (tertiary/aromatic N) is 3. The van der Waals surface area contributed by atoms with Crippen LogP contribution < -0.4 is 0 Å². The fraction of sp³-hybridized carbons (Fsp3) is 0.812. The molecule has 5 heteroatoms. The van der Waals surface area contributed by atoms with E-state index < -0.39 is 0 Å². The second kappa shape index (κ2) is 6.80. The van der Waals surface area contributed by atoms with E-state index in [1.807, 2.05) is 18.7 Å². The topological polar surface area (TPSA) is 41.3 Å². The highest BCUT2D eigenvalue weighted by molar-refractivity contribution is 9.10. The molecule has 0 amide bonds. The van der Waals surface area contributed by atoms with Crippen molar-refractivity contribution in [3.63, 3.8) is 0 Å². The number of hydrogen-bond acceptors (Lipinski definition) is 3. The zero-order valence-electron chi connectivity index (χ0n) is 13.7. The third-order valence-electron chi connectivity index (χ3n) is 5.13. The van der Waals surface area contributed by atoms with E-state index in [0.717, 1.165) is 28.7 Å². The Morgan fingerprint density at radius 1 is 1.29 bits per heavy atom. The lowest BCUT2D eigenvalue weighted by Crippen LogP contribution is -2.54. The summed E-state index contributed by atoms with van der Waals surface area (Å²) in [6.07, 6.45) is 7.44. The molecule has 4 nitrogen and oxygen atoms in total. The van der Waals surface area contributed by atoms with Crippen LogP contribution in [0.3, 0.4) is 0 Å². The summed E-state index contributed by atoms with van der Waals surface area (Å²) in [6.45, 7) is 1.99. The van der Waals surface area contributed by atoms with E-state index in [4.69, 9.17) is 0 Å². The molecule has 0 bridgehead atoms. The molecule has 21 heavy (non-hydrogen) atoms. The van der Waals surface area contributed by atoms with Crippen molar-refractivity contribution in [1.82, 2.24) is 14.7 Å². The number of likely N-dealkylation sites (N-methyl/N-ethyl adjacent to an activating group) is 1. The number of rotatable bonds is 4. The second-order valence-electron chi connectivity index (χ2n) is 6.60. The Labute approximate surface area is 136 Å². The highest BCUT2D eigenvalue weighted by Crippen LogP contribution is 2.36. The quantitative estimate of drug-likeness (QED) is 0.842. The van der Waals surface area contributed by atoms with Crippen LogP contribution in [0.25, 0.3) is 0 Å². The van der Waals surface area contributed by atoms with Gasteiger partial charge in [0.25, 0.3) is 0 Å². The molecule has 0 aliphatic heterocycles. The molecule has 1 aromatic rings. The van der Waals surface area contributed by atoms with Gasteiger partial charge in [-0.2, -0.15) is 5.10 Å². The van der Waals surface area contributed by atoms with E-state index in [1.165, 1.54) is 25.7 Å². The Balaban J connectivity index is 2.24. The largest absolute Gasteiger partial charge is 0.391 e. The van der Waals surface area contributed by atoms with Gasteiger partial charge in [0.1, 0.15) is 0 Å². The van der Waals surface area contributed by atoms with Crippen molar-refractivity contribution >= 4 is 15.9 Å². The van der Waals surface area contributed by atoms with Gasteiger partial charge in [-0.3, -0.25) is 4.68 Å². The van der Waals surface area contributed by atoms with Gasteiger partial charge in [-0.05, 0) is 49.8 Å². The first-order valence-corrected chi connectivity index (χ1v) is 8.71.